The second-order valence-electron chi connectivity index (χ2n) is 8.62. The molecule has 2 atom stereocenters. The molecule has 12 heteroatoms. The van der Waals surface area contributed by atoms with Crippen molar-refractivity contribution in [2.75, 3.05) is 23.8 Å². The zero-order chi connectivity index (χ0) is 24.0. The van der Waals surface area contributed by atoms with E-state index in [-0.39, 0.29) is 60.2 Å². The number of carboxylic acid groups (broad SMARTS) is 1. The number of carbonyl (C=O) groups is 4. The number of amides is 3. The summed E-state index contributed by atoms with van der Waals surface area (Å²) in [5, 5.41) is 15.1. The fourth-order valence-electron chi connectivity index (χ4n) is 4.58. The van der Waals surface area contributed by atoms with Crippen molar-refractivity contribution >= 4 is 52.9 Å². The molecule has 0 unspecified atom stereocenters. The van der Waals surface area contributed by atoms with Gasteiger partial charge in [0.05, 0.1) is 5.75 Å². The van der Waals surface area contributed by atoms with E-state index in [1.54, 1.807) is 12.1 Å². The van der Waals surface area contributed by atoms with Gasteiger partial charge in [-0.2, -0.15) is 0 Å². The molecular formula is C23H25N4NaO5S2. The van der Waals surface area contributed by atoms with Crippen LogP contribution >= 0.6 is 23.5 Å². The second kappa shape index (κ2) is 10.6. The summed E-state index contributed by atoms with van der Waals surface area (Å²) in [6, 6.07) is 6.38. The summed E-state index contributed by atoms with van der Waals surface area (Å²) >= 11 is 2.76. The van der Waals surface area contributed by atoms with Gasteiger partial charge in [-0.25, -0.2) is 4.79 Å². The molecule has 0 aromatic heterocycles. The van der Waals surface area contributed by atoms with Gasteiger partial charge in [-0.1, -0.05) is 0 Å². The molecule has 4 aliphatic rings. The maximum absolute atomic E-state index is 13.0. The van der Waals surface area contributed by atoms with Crippen LogP contribution < -0.4 is 45.9 Å². The molecule has 3 aliphatic heterocycles. The number of thioether (sulfide) groups is 2. The van der Waals surface area contributed by atoms with Gasteiger partial charge in [0.1, 0.15) is 17.1 Å². The van der Waals surface area contributed by atoms with Crippen LogP contribution in [0.3, 0.4) is 0 Å². The van der Waals surface area contributed by atoms with E-state index in [0.717, 1.165) is 23.3 Å². The molecule has 1 aromatic carbocycles. The number of rotatable bonds is 7. The third-order valence-electron chi connectivity index (χ3n) is 6.31. The normalized spacial score (nSPS) is 24.7. The first-order valence-corrected chi connectivity index (χ1v) is 13.1. The monoisotopic (exact) mass is 524 g/mol. The fourth-order valence-corrected chi connectivity index (χ4v) is 6.65. The van der Waals surface area contributed by atoms with Crippen molar-refractivity contribution in [1.29, 1.82) is 0 Å². The van der Waals surface area contributed by atoms with Crippen LogP contribution in [0.1, 0.15) is 20.7 Å². The van der Waals surface area contributed by atoms with Crippen molar-refractivity contribution < 1.29 is 55.3 Å². The first-order chi connectivity index (χ1) is 16.3. The topological polar surface area (TPSA) is 142 Å². The molecule has 0 radical (unpaired) electrons. The number of allylic oxidation sites excluding steroid dienone is 1. The first-order valence-electron chi connectivity index (χ1n) is 11.1. The minimum Gasteiger partial charge on any atom is -1.00 e. The Morgan fingerprint density at radius 1 is 1.26 bits per heavy atom. The first kappa shape index (κ1) is 26.2. The molecule has 9 nitrogen and oxygen atoms in total. The Kier molecular flexibility index (Phi) is 7.92. The number of nitrogens with one attached hydrogen (secondary N) is 2. The SMILES string of the molecule is Nc1ccc(SCC(=O)N[C@@H]2C(=O)N3C(C(=O)O)=C(C(=C4CCNC4=O)C4CC4)CS[C@H]23)cc1.[H-].[Na+]. The number of anilines is 1. The van der Waals surface area contributed by atoms with Gasteiger partial charge in [-0.3, -0.25) is 19.3 Å². The van der Waals surface area contributed by atoms with E-state index >= 15 is 0 Å². The van der Waals surface area contributed by atoms with Crippen LogP contribution in [-0.4, -0.2) is 63.2 Å². The molecule has 1 aliphatic carbocycles. The Bertz CT molecular complexity index is 1160. The number of nitrogens with zero attached hydrogens (tertiary/aromatic N) is 1. The Morgan fingerprint density at radius 2 is 1.97 bits per heavy atom. The number of carbonyl (C=O) groups excluding carboxylic acids is 3. The minimum absolute atomic E-state index is 0. The van der Waals surface area contributed by atoms with Crippen LogP contribution in [0.2, 0.25) is 0 Å². The average molecular weight is 525 g/mol. The molecule has 2 saturated heterocycles. The molecule has 0 spiro atoms. The molecule has 1 saturated carbocycles. The number of benzene rings is 1. The van der Waals surface area contributed by atoms with E-state index in [4.69, 9.17) is 5.73 Å². The van der Waals surface area contributed by atoms with Crippen LogP contribution in [0.15, 0.2) is 51.6 Å². The fraction of sp³-hybridized carbons (Fsp3) is 0.391. The van der Waals surface area contributed by atoms with Crippen molar-refractivity contribution in [3.63, 3.8) is 0 Å². The van der Waals surface area contributed by atoms with Crippen LogP contribution in [0.5, 0.6) is 0 Å². The van der Waals surface area contributed by atoms with Crippen LogP contribution in [0, 0.1) is 5.92 Å². The van der Waals surface area contributed by atoms with Crippen molar-refractivity contribution in [2.45, 2.75) is 35.6 Å². The van der Waals surface area contributed by atoms with Gasteiger partial charge in [-0.05, 0) is 60.6 Å². The summed E-state index contributed by atoms with van der Waals surface area (Å²) in [6.07, 6.45) is 2.39. The number of hydrogen-bond acceptors (Lipinski definition) is 7. The zero-order valence-electron chi connectivity index (χ0n) is 20.2. The van der Waals surface area contributed by atoms with E-state index in [0.29, 0.717) is 35.6 Å². The third-order valence-corrected chi connectivity index (χ3v) is 8.60. The number of carboxylic acids is 1. The number of nitrogen functional groups attached to an aromatic ring is 1. The molecule has 3 fully saturated rings. The van der Waals surface area contributed by atoms with Gasteiger partial charge >= 0.3 is 35.5 Å². The molecule has 3 amide bonds. The maximum Gasteiger partial charge on any atom is 1.00 e. The largest absolute Gasteiger partial charge is 1.00 e. The van der Waals surface area contributed by atoms with Gasteiger partial charge in [-0.15, -0.1) is 23.5 Å². The molecule has 5 N–H and O–H groups in total. The number of aliphatic carboxylic acids is 1. The van der Waals surface area contributed by atoms with E-state index < -0.39 is 23.3 Å². The molecule has 5 rings (SSSR count). The van der Waals surface area contributed by atoms with Gasteiger partial charge in [0.25, 0.3) is 5.91 Å². The van der Waals surface area contributed by atoms with E-state index in [2.05, 4.69) is 10.6 Å². The van der Waals surface area contributed by atoms with Gasteiger partial charge in [0.2, 0.25) is 11.8 Å². The predicted molar refractivity (Wildman–Crippen MR) is 130 cm³/mol. The minimum atomic E-state index is -1.19. The number of fused-ring (bicyclic) bond motifs is 1. The molecule has 0 bridgehead atoms. The van der Waals surface area contributed by atoms with Crippen LogP contribution in [0.4, 0.5) is 5.69 Å². The van der Waals surface area contributed by atoms with E-state index in [9.17, 15) is 24.3 Å². The van der Waals surface area contributed by atoms with E-state index in [1.807, 2.05) is 12.1 Å². The van der Waals surface area contributed by atoms with Crippen molar-refractivity contribution in [1.82, 2.24) is 15.5 Å². The summed E-state index contributed by atoms with van der Waals surface area (Å²) in [6.45, 7) is 0.543. The third kappa shape index (κ3) is 5.15. The van der Waals surface area contributed by atoms with Crippen molar-refractivity contribution in [3.8, 4) is 0 Å². The zero-order valence-corrected chi connectivity index (χ0v) is 22.8. The Labute approximate surface area is 234 Å². The molecular weight excluding hydrogens is 499 g/mol. The predicted octanol–water partition coefficient (Wildman–Crippen LogP) is -1.56. The molecule has 1 aromatic rings. The van der Waals surface area contributed by atoms with Gasteiger partial charge in [0.15, 0.2) is 0 Å². The second-order valence-corrected chi connectivity index (χ2v) is 10.8. The van der Waals surface area contributed by atoms with Crippen LogP contribution in [-0.2, 0) is 19.2 Å². The van der Waals surface area contributed by atoms with Crippen molar-refractivity contribution in [2.24, 2.45) is 5.92 Å². The smallest absolute Gasteiger partial charge is 1.00 e. The summed E-state index contributed by atoms with van der Waals surface area (Å²) < 4.78 is 0. The van der Waals surface area contributed by atoms with E-state index in [1.165, 1.54) is 28.4 Å². The number of nitrogens with two attached hydrogens (primary N) is 1. The number of β-lactam (4-membered cyclic amide) rings is 1. The average Bonchev–Trinajstić information content (AvgIpc) is 3.57. The standard InChI is InChI=1S/C23H24N4O5S2.Na.H/c24-12-3-5-13(6-4-12)33-10-16(28)26-18-21(30)27-19(23(31)32)15(9-34-22(18)27)17(11-1-2-11)14-7-8-25-20(14)29;;/h3-6,11,18,22H,1-2,7-10,24H2,(H,25,29)(H,26,28)(H,31,32);;/q;+1;-1/t18-,22-;;/m1../s1. The summed E-state index contributed by atoms with van der Waals surface area (Å²) in [5.74, 6) is -1.39. The maximum atomic E-state index is 13.0. The molecule has 3 heterocycles. The number of hydrogen-bond donors (Lipinski definition) is 4. The summed E-state index contributed by atoms with van der Waals surface area (Å²) in [7, 11) is 0. The molecule has 180 valence electrons. The Balaban J connectivity index is 0.00000180. The Morgan fingerprint density at radius 3 is 2.57 bits per heavy atom. The van der Waals surface area contributed by atoms with Crippen LogP contribution in [0.25, 0.3) is 0 Å². The van der Waals surface area contributed by atoms with Gasteiger partial charge in [0, 0.05) is 28.5 Å². The quantitative estimate of drug-likeness (QED) is 0.110. The summed E-state index contributed by atoms with van der Waals surface area (Å²) in [5.41, 5.74) is 8.28. The van der Waals surface area contributed by atoms with Gasteiger partial charge < -0.3 is 22.9 Å². The molecule has 35 heavy (non-hydrogen) atoms. The Hall–Kier alpha value is -1.92. The van der Waals surface area contributed by atoms with Crippen molar-refractivity contribution in [3.05, 3.63) is 46.7 Å². The summed E-state index contributed by atoms with van der Waals surface area (Å²) in [4.78, 5) is 52.3.